The molecule has 0 aromatic carbocycles. The predicted octanol–water partition coefficient (Wildman–Crippen LogP) is 0.492. The van der Waals surface area contributed by atoms with Gasteiger partial charge in [0.2, 0.25) is 0 Å². The average Bonchev–Trinajstić information content (AvgIpc) is 1.35. The van der Waals surface area contributed by atoms with Gasteiger partial charge in [0.25, 0.3) is 0 Å². The van der Waals surface area contributed by atoms with Crippen molar-refractivity contribution in [2.24, 2.45) is 0 Å². The van der Waals surface area contributed by atoms with Crippen LogP contribution in [0, 0.1) is 0 Å². The molecule has 0 aliphatic rings. The second kappa shape index (κ2) is 3.84. The molecule has 0 saturated carbocycles. The minimum absolute atomic E-state index is 0.939. The molecule has 0 rings (SSSR count). The fourth-order valence-electron chi connectivity index (χ4n) is 0.0667. The lowest BCUT2D eigenvalue weighted by Crippen LogP contribution is -1.65. The van der Waals surface area contributed by atoms with E-state index in [1.807, 2.05) is 0 Å². The first-order chi connectivity index (χ1) is 2.77. The van der Waals surface area contributed by atoms with Crippen LogP contribution in [0.15, 0.2) is 0 Å². The average molecular weight is 128 g/mol. The van der Waals surface area contributed by atoms with E-state index >= 15 is 0 Å². The maximum Gasteiger partial charge on any atom is 0.339 e. The molecule has 0 aliphatic heterocycles. The fourth-order valence-corrected chi connectivity index (χ4v) is 0.600. The third-order valence-corrected chi connectivity index (χ3v) is 1.27. The highest BCUT2D eigenvalue weighted by atomic mass is 32.2. The maximum absolute atomic E-state index is 7.93. The van der Waals surface area contributed by atoms with E-state index in [1.165, 1.54) is 0 Å². The second-order valence-electron chi connectivity index (χ2n) is 0.494. The zero-order valence-corrected chi connectivity index (χ0v) is 4.87. The van der Waals surface area contributed by atoms with Crippen LogP contribution in [0.1, 0.15) is 0 Å². The first kappa shape index (κ1) is 6.66. The van der Waals surface area contributed by atoms with E-state index in [2.05, 4.69) is 3.97 Å². The third kappa shape index (κ3) is 4.66. The summed E-state index contributed by atoms with van der Waals surface area (Å²) in [5.41, 5.74) is 0. The van der Waals surface area contributed by atoms with Crippen LogP contribution in [0.2, 0.25) is 0 Å². The summed E-state index contributed by atoms with van der Waals surface area (Å²) in [6.07, 6.45) is 1.61. The Morgan fingerprint density at radius 1 is 1.67 bits per heavy atom. The summed E-state index contributed by atoms with van der Waals surface area (Å²) in [7, 11) is -2.14. The Bertz CT molecular complexity index is 32.0. The van der Waals surface area contributed by atoms with Crippen LogP contribution in [0.3, 0.4) is 0 Å². The summed E-state index contributed by atoms with van der Waals surface area (Å²) in [4.78, 5) is 15.9. The molecule has 6 heavy (non-hydrogen) atoms. The molecule has 0 atom stereocenters. The monoisotopic (exact) mass is 128 g/mol. The number of hydrogen-bond donors (Lipinski definition) is 2. The Morgan fingerprint density at radius 3 is 2.17 bits per heavy atom. The second-order valence-corrected chi connectivity index (χ2v) is 1.93. The normalized spacial score (nSPS) is 10.0. The molecule has 0 aromatic rings. The topological polar surface area (TPSA) is 49.7 Å². The van der Waals surface area contributed by atoms with E-state index in [0.29, 0.717) is 0 Å². The zero-order valence-electron chi connectivity index (χ0n) is 3.16. The SMILES string of the molecule is CSOP(O)O. The van der Waals surface area contributed by atoms with Gasteiger partial charge in [-0.2, -0.15) is 0 Å². The molecule has 0 saturated heterocycles. The molecule has 0 unspecified atom stereocenters. The highest BCUT2D eigenvalue weighted by molar-refractivity contribution is 7.96. The van der Waals surface area contributed by atoms with Crippen LogP contribution in [0.4, 0.5) is 0 Å². The summed E-state index contributed by atoms with van der Waals surface area (Å²) < 4.78 is 4.13. The largest absolute Gasteiger partial charge is 0.339 e. The molecule has 5 heteroatoms. The third-order valence-electron chi connectivity index (χ3n) is 0.141. The van der Waals surface area contributed by atoms with Crippen molar-refractivity contribution in [2.75, 3.05) is 6.26 Å². The van der Waals surface area contributed by atoms with E-state index in [1.54, 1.807) is 6.26 Å². The van der Waals surface area contributed by atoms with Crippen molar-refractivity contribution in [3.63, 3.8) is 0 Å². The summed E-state index contributed by atoms with van der Waals surface area (Å²) in [6, 6.07) is 0. The van der Waals surface area contributed by atoms with E-state index in [-0.39, 0.29) is 0 Å². The highest BCUT2D eigenvalue weighted by Gasteiger charge is 1.92. The Balaban J connectivity index is 2.63. The van der Waals surface area contributed by atoms with Crippen molar-refractivity contribution in [1.82, 2.24) is 0 Å². The Morgan fingerprint density at radius 2 is 2.17 bits per heavy atom. The van der Waals surface area contributed by atoms with Crippen LogP contribution in [0.5, 0.6) is 0 Å². The van der Waals surface area contributed by atoms with Crippen molar-refractivity contribution in [2.45, 2.75) is 0 Å². The van der Waals surface area contributed by atoms with Gasteiger partial charge in [0, 0.05) is 6.26 Å². The van der Waals surface area contributed by atoms with Crippen molar-refractivity contribution >= 4 is 20.6 Å². The van der Waals surface area contributed by atoms with Crippen molar-refractivity contribution in [3.05, 3.63) is 0 Å². The minimum Gasteiger partial charge on any atom is -0.328 e. The number of rotatable bonds is 2. The van der Waals surface area contributed by atoms with Crippen molar-refractivity contribution < 1.29 is 13.8 Å². The lowest BCUT2D eigenvalue weighted by molar-refractivity contribution is 0.398. The minimum atomic E-state index is -2.14. The Labute approximate surface area is 41.5 Å². The van der Waals surface area contributed by atoms with Crippen molar-refractivity contribution in [3.8, 4) is 0 Å². The summed E-state index contributed by atoms with van der Waals surface area (Å²) >= 11 is 0.939. The molecule has 0 aromatic heterocycles. The molecule has 0 radical (unpaired) electrons. The van der Waals surface area contributed by atoms with Gasteiger partial charge in [-0.05, 0) is 12.0 Å². The molecule has 0 fully saturated rings. The Kier molecular flexibility index (Phi) is 4.26. The van der Waals surface area contributed by atoms with E-state index in [4.69, 9.17) is 9.79 Å². The summed E-state index contributed by atoms with van der Waals surface area (Å²) in [6.45, 7) is 0. The van der Waals surface area contributed by atoms with Gasteiger partial charge in [0.15, 0.2) is 0 Å². The van der Waals surface area contributed by atoms with Crippen LogP contribution >= 0.6 is 20.6 Å². The lowest BCUT2D eigenvalue weighted by Gasteiger charge is -1.93. The molecule has 0 amide bonds. The summed E-state index contributed by atoms with van der Waals surface area (Å²) in [5, 5.41) is 0. The molecule has 2 N–H and O–H groups in total. The van der Waals surface area contributed by atoms with E-state index in [9.17, 15) is 0 Å². The molecular formula is CH5O3PS. The quantitative estimate of drug-likeness (QED) is 0.419. The van der Waals surface area contributed by atoms with Crippen LogP contribution < -0.4 is 0 Å². The van der Waals surface area contributed by atoms with Crippen LogP contribution in [0.25, 0.3) is 0 Å². The molecule has 0 bridgehead atoms. The van der Waals surface area contributed by atoms with Gasteiger partial charge in [0.1, 0.15) is 0 Å². The molecule has 0 aliphatic carbocycles. The van der Waals surface area contributed by atoms with E-state index in [0.717, 1.165) is 12.0 Å². The zero-order chi connectivity index (χ0) is 4.99. The maximum atomic E-state index is 7.93. The van der Waals surface area contributed by atoms with Crippen LogP contribution in [-0.2, 0) is 3.97 Å². The van der Waals surface area contributed by atoms with Crippen LogP contribution in [-0.4, -0.2) is 16.0 Å². The van der Waals surface area contributed by atoms with Gasteiger partial charge >= 0.3 is 8.60 Å². The molecule has 0 spiro atoms. The standard InChI is InChI=1S/CH5O3PS/c1-6-4-5(2)3/h2-3H,1H3. The fraction of sp³-hybridized carbons (Fsp3) is 1.00. The number of hydrogen-bond acceptors (Lipinski definition) is 4. The van der Waals surface area contributed by atoms with E-state index < -0.39 is 8.60 Å². The molecule has 38 valence electrons. The van der Waals surface area contributed by atoms with Gasteiger partial charge < -0.3 is 9.79 Å². The van der Waals surface area contributed by atoms with Gasteiger partial charge in [-0.3, -0.25) is 0 Å². The van der Waals surface area contributed by atoms with Gasteiger partial charge in [-0.25, -0.2) is 3.97 Å². The van der Waals surface area contributed by atoms with Gasteiger partial charge in [-0.15, -0.1) is 0 Å². The predicted molar refractivity (Wildman–Crippen MR) is 26.0 cm³/mol. The first-order valence-electron chi connectivity index (χ1n) is 1.16. The van der Waals surface area contributed by atoms with Gasteiger partial charge in [0.05, 0.1) is 0 Å². The Hall–Kier alpha value is 0.660. The van der Waals surface area contributed by atoms with Crippen molar-refractivity contribution in [1.29, 1.82) is 0 Å². The smallest absolute Gasteiger partial charge is 0.328 e. The summed E-state index contributed by atoms with van der Waals surface area (Å²) in [5.74, 6) is 0. The molecular weight excluding hydrogens is 123 g/mol. The van der Waals surface area contributed by atoms with Gasteiger partial charge in [-0.1, -0.05) is 0 Å². The highest BCUT2D eigenvalue weighted by Crippen LogP contribution is 2.29. The lowest BCUT2D eigenvalue weighted by atomic mass is 12.0. The first-order valence-corrected chi connectivity index (χ1v) is 3.47. The molecule has 0 heterocycles. The molecule has 3 nitrogen and oxygen atoms in total.